The fourth-order valence-corrected chi connectivity index (χ4v) is 1.68. The van der Waals surface area contributed by atoms with Crippen LogP contribution in [0.2, 0.25) is 0 Å². The summed E-state index contributed by atoms with van der Waals surface area (Å²) in [6, 6.07) is 14.3. The Morgan fingerprint density at radius 3 is 2.50 bits per heavy atom. The van der Waals surface area contributed by atoms with Crippen LogP contribution in [0.25, 0.3) is 0 Å². The average molecular weight is 212 g/mol. The predicted molar refractivity (Wildman–Crippen MR) is 66.0 cm³/mol. The van der Waals surface area contributed by atoms with Crippen LogP contribution in [-0.2, 0) is 6.42 Å². The lowest BCUT2D eigenvalue weighted by Crippen LogP contribution is -2.14. The van der Waals surface area contributed by atoms with E-state index in [1.165, 1.54) is 11.1 Å². The summed E-state index contributed by atoms with van der Waals surface area (Å²) >= 11 is 0. The molecule has 0 unspecified atom stereocenters. The summed E-state index contributed by atoms with van der Waals surface area (Å²) in [5, 5.41) is 0. The smallest absolute Gasteiger partial charge is 0.0574 e. The van der Waals surface area contributed by atoms with Crippen LogP contribution >= 0.6 is 0 Å². The Labute approximate surface area is 96.1 Å². The fourth-order valence-electron chi connectivity index (χ4n) is 1.68. The first-order valence-corrected chi connectivity index (χ1v) is 5.48. The Morgan fingerprint density at radius 2 is 1.88 bits per heavy atom. The third-order valence-corrected chi connectivity index (χ3v) is 2.64. The van der Waals surface area contributed by atoms with Gasteiger partial charge in [0, 0.05) is 6.20 Å². The van der Waals surface area contributed by atoms with Crippen molar-refractivity contribution in [1.29, 1.82) is 0 Å². The topological polar surface area (TPSA) is 38.9 Å². The standard InChI is InChI=1S/C14H16N2/c1-11-5-7-12(8-6-11)10-13(15)14-4-2-3-9-16-14/h2-9,13H,10,15H2,1H3/t13-/m0/s1. The summed E-state index contributed by atoms with van der Waals surface area (Å²) in [4.78, 5) is 4.27. The highest BCUT2D eigenvalue weighted by Gasteiger charge is 2.07. The molecule has 0 aliphatic heterocycles. The van der Waals surface area contributed by atoms with Gasteiger partial charge in [0.1, 0.15) is 0 Å². The molecule has 0 amide bonds. The van der Waals surface area contributed by atoms with Crippen LogP contribution in [-0.4, -0.2) is 4.98 Å². The fraction of sp³-hybridized carbons (Fsp3) is 0.214. The SMILES string of the molecule is Cc1ccc(C[C@H](N)c2ccccn2)cc1. The van der Waals surface area contributed by atoms with Gasteiger partial charge in [-0.1, -0.05) is 35.9 Å². The van der Waals surface area contributed by atoms with Crippen molar-refractivity contribution in [2.45, 2.75) is 19.4 Å². The molecule has 2 nitrogen and oxygen atoms in total. The number of hydrogen-bond donors (Lipinski definition) is 1. The van der Waals surface area contributed by atoms with E-state index in [2.05, 4.69) is 36.2 Å². The predicted octanol–water partition coefficient (Wildman–Crippen LogP) is 2.63. The van der Waals surface area contributed by atoms with E-state index in [4.69, 9.17) is 5.73 Å². The average Bonchev–Trinajstić information content (AvgIpc) is 2.33. The van der Waals surface area contributed by atoms with Crippen molar-refractivity contribution < 1.29 is 0 Å². The minimum atomic E-state index is -0.0242. The van der Waals surface area contributed by atoms with Crippen molar-refractivity contribution in [3.63, 3.8) is 0 Å². The van der Waals surface area contributed by atoms with E-state index in [1.54, 1.807) is 6.20 Å². The lowest BCUT2D eigenvalue weighted by Gasteiger charge is -2.10. The number of pyridine rings is 1. The van der Waals surface area contributed by atoms with Crippen molar-refractivity contribution in [3.8, 4) is 0 Å². The highest BCUT2D eigenvalue weighted by Crippen LogP contribution is 2.14. The molecule has 1 aromatic heterocycles. The highest BCUT2D eigenvalue weighted by molar-refractivity contribution is 5.23. The maximum Gasteiger partial charge on any atom is 0.0574 e. The van der Waals surface area contributed by atoms with E-state index < -0.39 is 0 Å². The van der Waals surface area contributed by atoms with Crippen molar-refractivity contribution in [2.75, 3.05) is 0 Å². The molecule has 0 radical (unpaired) electrons. The van der Waals surface area contributed by atoms with Gasteiger partial charge in [-0.05, 0) is 31.0 Å². The van der Waals surface area contributed by atoms with Crippen LogP contribution in [0.4, 0.5) is 0 Å². The first-order valence-electron chi connectivity index (χ1n) is 5.48. The van der Waals surface area contributed by atoms with Crippen molar-refractivity contribution in [2.24, 2.45) is 5.73 Å². The number of benzene rings is 1. The summed E-state index contributed by atoms with van der Waals surface area (Å²) in [7, 11) is 0. The normalized spacial score (nSPS) is 12.4. The third kappa shape index (κ3) is 2.67. The molecule has 2 aromatic rings. The molecule has 82 valence electrons. The lowest BCUT2D eigenvalue weighted by atomic mass is 10.0. The van der Waals surface area contributed by atoms with Gasteiger partial charge in [-0.15, -0.1) is 0 Å². The monoisotopic (exact) mass is 212 g/mol. The second-order valence-corrected chi connectivity index (χ2v) is 4.05. The van der Waals surface area contributed by atoms with Crippen LogP contribution < -0.4 is 5.73 Å². The van der Waals surface area contributed by atoms with Gasteiger partial charge < -0.3 is 5.73 Å². The Morgan fingerprint density at radius 1 is 1.12 bits per heavy atom. The van der Waals surface area contributed by atoms with E-state index in [-0.39, 0.29) is 6.04 Å². The number of rotatable bonds is 3. The minimum absolute atomic E-state index is 0.0242. The second-order valence-electron chi connectivity index (χ2n) is 4.05. The molecule has 1 heterocycles. The Balaban J connectivity index is 2.08. The zero-order chi connectivity index (χ0) is 11.4. The number of nitrogens with zero attached hydrogens (tertiary/aromatic N) is 1. The van der Waals surface area contributed by atoms with Crippen LogP contribution in [0, 0.1) is 6.92 Å². The molecular weight excluding hydrogens is 196 g/mol. The van der Waals surface area contributed by atoms with E-state index in [9.17, 15) is 0 Å². The Hall–Kier alpha value is -1.67. The molecule has 16 heavy (non-hydrogen) atoms. The van der Waals surface area contributed by atoms with Crippen LogP contribution in [0.5, 0.6) is 0 Å². The molecule has 1 atom stereocenters. The number of aromatic nitrogens is 1. The summed E-state index contributed by atoms with van der Waals surface area (Å²) in [6.07, 6.45) is 2.61. The molecule has 0 saturated carbocycles. The van der Waals surface area contributed by atoms with E-state index in [0.29, 0.717) is 0 Å². The molecule has 0 aliphatic rings. The summed E-state index contributed by atoms with van der Waals surface area (Å²) < 4.78 is 0. The molecule has 0 aliphatic carbocycles. The molecule has 1 aromatic carbocycles. The van der Waals surface area contributed by atoms with Gasteiger partial charge in [0.2, 0.25) is 0 Å². The molecule has 0 saturated heterocycles. The largest absolute Gasteiger partial charge is 0.322 e. The Bertz CT molecular complexity index is 434. The van der Waals surface area contributed by atoms with Gasteiger partial charge in [-0.2, -0.15) is 0 Å². The van der Waals surface area contributed by atoms with Crippen molar-refractivity contribution >= 4 is 0 Å². The molecule has 0 bridgehead atoms. The number of aryl methyl sites for hydroxylation is 1. The zero-order valence-corrected chi connectivity index (χ0v) is 9.43. The highest BCUT2D eigenvalue weighted by atomic mass is 14.8. The van der Waals surface area contributed by atoms with Gasteiger partial charge in [0.15, 0.2) is 0 Å². The minimum Gasteiger partial charge on any atom is -0.322 e. The molecule has 0 spiro atoms. The van der Waals surface area contributed by atoms with Crippen molar-refractivity contribution in [3.05, 3.63) is 65.5 Å². The van der Waals surface area contributed by atoms with E-state index in [0.717, 1.165) is 12.1 Å². The Kier molecular flexibility index (Phi) is 3.32. The number of hydrogen-bond acceptors (Lipinski definition) is 2. The molecule has 2 N–H and O–H groups in total. The molecule has 0 fully saturated rings. The molecular formula is C14H16N2. The van der Waals surface area contributed by atoms with Gasteiger partial charge >= 0.3 is 0 Å². The van der Waals surface area contributed by atoms with Gasteiger partial charge in [0.25, 0.3) is 0 Å². The lowest BCUT2D eigenvalue weighted by molar-refractivity contribution is 0.696. The summed E-state index contributed by atoms with van der Waals surface area (Å²) in [6.45, 7) is 2.09. The number of nitrogens with two attached hydrogens (primary N) is 1. The van der Waals surface area contributed by atoms with E-state index >= 15 is 0 Å². The third-order valence-electron chi connectivity index (χ3n) is 2.64. The zero-order valence-electron chi connectivity index (χ0n) is 9.43. The maximum atomic E-state index is 6.10. The first kappa shape index (κ1) is 10.8. The van der Waals surface area contributed by atoms with Gasteiger partial charge in [0.05, 0.1) is 11.7 Å². The summed E-state index contributed by atoms with van der Waals surface area (Å²) in [5.41, 5.74) is 9.58. The van der Waals surface area contributed by atoms with Gasteiger partial charge in [-0.25, -0.2) is 0 Å². The van der Waals surface area contributed by atoms with Crippen LogP contribution in [0.15, 0.2) is 48.7 Å². The second kappa shape index (κ2) is 4.90. The molecule has 2 rings (SSSR count). The first-order chi connectivity index (χ1) is 7.75. The van der Waals surface area contributed by atoms with E-state index in [1.807, 2.05) is 18.2 Å². The van der Waals surface area contributed by atoms with Gasteiger partial charge in [-0.3, -0.25) is 4.98 Å². The summed E-state index contributed by atoms with van der Waals surface area (Å²) in [5.74, 6) is 0. The van der Waals surface area contributed by atoms with Crippen LogP contribution in [0.3, 0.4) is 0 Å². The molecule has 2 heteroatoms. The van der Waals surface area contributed by atoms with Crippen LogP contribution in [0.1, 0.15) is 22.9 Å². The quantitative estimate of drug-likeness (QED) is 0.849. The van der Waals surface area contributed by atoms with Crippen molar-refractivity contribution in [1.82, 2.24) is 4.98 Å². The maximum absolute atomic E-state index is 6.10.